The van der Waals surface area contributed by atoms with E-state index >= 15 is 0 Å². The van der Waals surface area contributed by atoms with Crippen molar-refractivity contribution in [2.24, 2.45) is 0 Å². The molecule has 0 atom stereocenters. The monoisotopic (exact) mass is 258 g/mol. The molecule has 0 saturated heterocycles. The van der Waals surface area contributed by atoms with Crippen LogP contribution in [0.3, 0.4) is 0 Å². The number of fused-ring (bicyclic) bond motifs is 3. The Bertz CT molecular complexity index is 919. The van der Waals surface area contributed by atoms with Crippen LogP contribution in [-0.4, -0.2) is 9.97 Å². The summed E-state index contributed by atoms with van der Waals surface area (Å²) in [6, 6.07) is 19.1. The van der Waals surface area contributed by atoms with E-state index in [0.717, 1.165) is 11.2 Å². The molecule has 0 fully saturated rings. The number of rotatable bonds is 1. The molecule has 4 rings (SSSR count). The first-order chi connectivity index (χ1) is 9.83. The Kier molecular flexibility index (Phi) is 2.36. The highest BCUT2D eigenvalue weighted by Crippen LogP contribution is 2.33. The third-order valence-corrected chi connectivity index (χ3v) is 3.73. The molecule has 0 saturated carbocycles. The fourth-order valence-corrected chi connectivity index (χ4v) is 2.82. The van der Waals surface area contributed by atoms with Gasteiger partial charge in [0, 0.05) is 22.5 Å². The first kappa shape index (κ1) is 11.2. The molecule has 2 heterocycles. The number of hydrogen-bond donors (Lipinski definition) is 1. The van der Waals surface area contributed by atoms with Gasteiger partial charge in [0.05, 0.1) is 0 Å². The number of H-pyrrole nitrogens is 1. The summed E-state index contributed by atoms with van der Waals surface area (Å²) in [6.07, 6.45) is 1.87. The van der Waals surface area contributed by atoms with Gasteiger partial charge in [0.1, 0.15) is 5.65 Å². The molecule has 1 N–H and O–H groups in total. The first-order valence-electron chi connectivity index (χ1n) is 6.75. The van der Waals surface area contributed by atoms with Crippen molar-refractivity contribution in [1.29, 1.82) is 0 Å². The normalized spacial score (nSPS) is 11.2. The average Bonchev–Trinajstić information content (AvgIpc) is 2.85. The highest BCUT2D eigenvalue weighted by molar-refractivity contribution is 6.12. The van der Waals surface area contributed by atoms with Gasteiger partial charge in [-0.15, -0.1) is 0 Å². The zero-order valence-electron chi connectivity index (χ0n) is 11.2. The van der Waals surface area contributed by atoms with Crippen molar-refractivity contribution in [2.75, 3.05) is 0 Å². The molecule has 0 bridgehead atoms. The Morgan fingerprint density at radius 3 is 2.75 bits per heavy atom. The zero-order chi connectivity index (χ0) is 13.5. The van der Waals surface area contributed by atoms with Crippen LogP contribution in [0.2, 0.25) is 0 Å². The lowest BCUT2D eigenvalue weighted by Crippen LogP contribution is -1.83. The third kappa shape index (κ3) is 1.62. The quantitative estimate of drug-likeness (QED) is 0.527. The predicted molar refractivity (Wildman–Crippen MR) is 83.8 cm³/mol. The maximum atomic E-state index is 4.47. The summed E-state index contributed by atoms with van der Waals surface area (Å²) in [7, 11) is 0. The van der Waals surface area contributed by atoms with E-state index in [-0.39, 0.29) is 0 Å². The van der Waals surface area contributed by atoms with E-state index in [2.05, 4.69) is 65.4 Å². The zero-order valence-corrected chi connectivity index (χ0v) is 11.2. The molecule has 20 heavy (non-hydrogen) atoms. The second-order valence-electron chi connectivity index (χ2n) is 5.12. The van der Waals surface area contributed by atoms with Gasteiger partial charge >= 0.3 is 0 Å². The number of para-hydroxylation sites is 1. The molecule has 2 aromatic carbocycles. The minimum atomic E-state index is 0.949. The molecule has 2 nitrogen and oxygen atoms in total. The molecule has 0 aliphatic heterocycles. The lowest BCUT2D eigenvalue weighted by molar-refractivity contribution is 1.35. The summed E-state index contributed by atoms with van der Waals surface area (Å²) in [6.45, 7) is 2.12. The van der Waals surface area contributed by atoms with Crippen LogP contribution in [-0.2, 0) is 0 Å². The van der Waals surface area contributed by atoms with Crippen molar-refractivity contribution in [3.8, 4) is 11.1 Å². The number of pyridine rings is 1. The van der Waals surface area contributed by atoms with E-state index in [4.69, 9.17) is 0 Å². The maximum Gasteiger partial charge on any atom is 0.138 e. The van der Waals surface area contributed by atoms with E-state index in [1.807, 2.05) is 12.3 Å². The second kappa shape index (κ2) is 4.20. The minimum absolute atomic E-state index is 0.949. The molecular weight excluding hydrogens is 244 g/mol. The van der Waals surface area contributed by atoms with Crippen molar-refractivity contribution in [3.63, 3.8) is 0 Å². The predicted octanol–water partition coefficient (Wildman–Crippen LogP) is 4.69. The molecule has 4 aromatic rings. The molecular formula is C18H14N2. The summed E-state index contributed by atoms with van der Waals surface area (Å²) >= 11 is 0. The number of aryl methyl sites for hydroxylation is 1. The van der Waals surface area contributed by atoms with Crippen LogP contribution in [0.25, 0.3) is 33.1 Å². The fourth-order valence-electron chi connectivity index (χ4n) is 2.82. The minimum Gasteiger partial charge on any atom is -0.339 e. The maximum absolute atomic E-state index is 4.47. The van der Waals surface area contributed by atoms with Crippen LogP contribution in [0.1, 0.15) is 5.56 Å². The standard InChI is InChI=1S/C18H14N2/c1-12-5-4-6-13(11-12)14-9-10-19-18-17(14)15-7-2-3-8-16(15)20-18/h2-11H,1H3,(H,19,20). The van der Waals surface area contributed by atoms with Crippen molar-refractivity contribution in [1.82, 2.24) is 9.97 Å². The van der Waals surface area contributed by atoms with Gasteiger partial charge in [0.2, 0.25) is 0 Å². The molecule has 2 aromatic heterocycles. The Morgan fingerprint density at radius 1 is 0.950 bits per heavy atom. The number of hydrogen-bond acceptors (Lipinski definition) is 1. The van der Waals surface area contributed by atoms with Crippen molar-refractivity contribution < 1.29 is 0 Å². The lowest BCUT2D eigenvalue weighted by Gasteiger charge is -2.05. The highest BCUT2D eigenvalue weighted by Gasteiger charge is 2.10. The average molecular weight is 258 g/mol. The second-order valence-corrected chi connectivity index (χ2v) is 5.12. The van der Waals surface area contributed by atoms with Crippen LogP contribution in [0, 0.1) is 6.92 Å². The Labute approximate surface area is 117 Å². The smallest absolute Gasteiger partial charge is 0.138 e. The molecule has 0 aliphatic carbocycles. The van der Waals surface area contributed by atoms with Gasteiger partial charge in [-0.25, -0.2) is 4.98 Å². The van der Waals surface area contributed by atoms with Crippen LogP contribution in [0.4, 0.5) is 0 Å². The van der Waals surface area contributed by atoms with Gasteiger partial charge in [0.15, 0.2) is 0 Å². The van der Waals surface area contributed by atoms with E-state index < -0.39 is 0 Å². The molecule has 0 unspecified atom stereocenters. The van der Waals surface area contributed by atoms with Crippen LogP contribution in [0.5, 0.6) is 0 Å². The van der Waals surface area contributed by atoms with Crippen molar-refractivity contribution in [3.05, 3.63) is 66.4 Å². The molecule has 0 spiro atoms. The molecule has 0 radical (unpaired) electrons. The summed E-state index contributed by atoms with van der Waals surface area (Å²) in [4.78, 5) is 7.86. The third-order valence-electron chi connectivity index (χ3n) is 3.73. The SMILES string of the molecule is Cc1cccc(-c2ccnc3[nH]c4ccccc4c23)c1. The van der Waals surface area contributed by atoms with Crippen LogP contribution >= 0.6 is 0 Å². The van der Waals surface area contributed by atoms with Gasteiger partial charge < -0.3 is 4.98 Å². The summed E-state index contributed by atoms with van der Waals surface area (Å²) in [5, 5.41) is 2.43. The number of nitrogens with one attached hydrogen (secondary N) is 1. The topological polar surface area (TPSA) is 28.7 Å². The first-order valence-corrected chi connectivity index (χ1v) is 6.75. The van der Waals surface area contributed by atoms with E-state index in [1.165, 1.54) is 27.5 Å². The van der Waals surface area contributed by atoms with Gasteiger partial charge in [-0.1, -0.05) is 48.0 Å². The fraction of sp³-hybridized carbons (Fsp3) is 0.0556. The number of aromatic nitrogens is 2. The molecule has 2 heteroatoms. The van der Waals surface area contributed by atoms with E-state index in [1.54, 1.807) is 0 Å². The largest absolute Gasteiger partial charge is 0.339 e. The molecule has 0 amide bonds. The van der Waals surface area contributed by atoms with Crippen molar-refractivity contribution >= 4 is 21.9 Å². The number of benzene rings is 2. The van der Waals surface area contributed by atoms with Crippen LogP contribution in [0.15, 0.2) is 60.8 Å². The summed E-state index contributed by atoms with van der Waals surface area (Å²) in [5.74, 6) is 0. The van der Waals surface area contributed by atoms with Gasteiger partial charge in [-0.3, -0.25) is 0 Å². The number of nitrogens with zero attached hydrogens (tertiary/aromatic N) is 1. The van der Waals surface area contributed by atoms with E-state index in [0.29, 0.717) is 0 Å². The Balaban J connectivity index is 2.14. The van der Waals surface area contributed by atoms with Gasteiger partial charge in [0.25, 0.3) is 0 Å². The van der Waals surface area contributed by atoms with Crippen molar-refractivity contribution in [2.45, 2.75) is 6.92 Å². The Morgan fingerprint density at radius 2 is 1.85 bits per heavy atom. The highest BCUT2D eigenvalue weighted by atomic mass is 14.8. The summed E-state index contributed by atoms with van der Waals surface area (Å²) in [5.41, 5.74) is 5.82. The van der Waals surface area contributed by atoms with Gasteiger partial charge in [-0.05, 0) is 30.2 Å². The Hall–Kier alpha value is -2.61. The molecule has 0 aliphatic rings. The van der Waals surface area contributed by atoms with Gasteiger partial charge in [-0.2, -0.15) is 0 Å². The lowest BCUT2D eigenvalue weighted by atomic mass is 10.00. The van der Waals surface area contributed by atoms with E-state index in [9.17, 15) is 0 Å². The molecule has 96 valence electrons. The summed E-state index contributed by atoms with van der Waals surface area (Å²) < 4.78 is 0. The van der Waals surface area contributed by atoms with Crippen LogP contribution < -0.4 is 0 Å². The number of aromatic amines is 1.